The molecule has 1 aliphatic rings. The maximum atomic E-state index is 15.5. The van der Waals surface area contributed by atoms with Crippen LogP contribution >= 0.6 is 0 Å². The topological polar surface area (TPSA) is 91.4 Å². The number of Topliss-reactive ketones (excluding diaryl/α,β-unsaturated/α-hetero) is 1. The average molecular weight is 525 g/mol. The third-order valence-electron chi connectivity index (χ3n) is 5.80. The Kier molecular flexibility index (Phi) is 9.69. The Morgan fingerprint density at radius 3 is 2.47 bits per heavy atom. The standard InChI is InChI=1S/C23H25F3N4O3S.C2H6/c1-5-30-12-15(6-9-19(30)13(2)14(3)31)21-17(25)7-8-18(22(21)26)29-34(32,33)20-10-16(24)11-28-23(20)27-4;1-2/h5,7-8,10-11,15,29H,1,6,9,12H2,2-4H3,(H,27,28);1-2H3/b19-13+;/t15-;/m1./s1. The van der Waals surface area contributed by atoms with E-state index in [-0.39, 0.29) is 23.7 Å². The summed E-state index contributed by atoms with van der Waals surface area (Å²) >= 11 is 0. The summed E-state index contributed by atoms with van der Waals surface area (Å²) in [6.45, 7) is 11.0. The number of halogens is 3. The number of ketones is 1. The van der Waals surface area contributed by atoms with Gasteiger partial charge < -0.3 is 10.2 Å². The Morgan fingerprint density at radius 2 is 1.89 bits per heavy atom. The number of allylic oxidation sites excluding steroid dienone is 2. The van der Waals surface area contributed by atoms with Crippen LogP contribution in [0.15, 0.2) is 53.3 Å². The van der Waals surface area contributed by atoms with Crippen LogP contribution in [-0.4, -0.2) is 37.7 Å². The molecule has 1 aliphatic heterocycles. The molecule has 0 amide bonds. The zero-order chi connectivity index (χ0) is 27.2. The van der Waals surface area contributed by atoms with Crippen molar-refractivity contribution >= 4 is 27.3 Å². The molecule has 1 saturated heterocycles. The first kappa shape index (κ1) is 28.9. The molecular formula is C25H31F3N4O3S. The van der Waals surface area contributed by atoms with E-state index in [2.05, 4.69) is 21.6 Å². The van der Waals surface area contributed by atoms with Gasteiger partial charge in [0.05, 0.1) is 11.9 Å². The maximum absolute atomic E-state index is 15.5. The van der Waals surface area contributed by atoms with Gasteiger partial charge in [-0.1, -0.05) is 20.4 Å². The molecule has 1 aromatic carbocycles. The van der Waals surface area contributed by atoms with Gasteiger partial charge in [-0.05, 0) is 51.1 Å². The van der Waals surface area contributed by atoms with E-state index in [0.717, 1.165) is 30.1 Å². The van der Waals surface area contributed by atoms with E-state index in [0.29, 0.717) is 18.4 Å². The molecule has 7 nitrogen and oxygen atoms in total. The molecule has 3 rings (SSSR count). The van der Waals surface area contributed by atoms with Crippen LogP contribution in [0.4, 0.5) is 24.7 Å². The number of nitrogens with zero attached hydrogens (tertiary/aromatic N) is 2. The Bertz CT molecular complexity index is 1280. The number of nitrogens with one attached hydrogen (secondary N) is 2. The number of hydrogen-bond donors (Lipinski definition) is 2. The van der Waals surface area contributed by atoms with Crippen molar-refractivity contribution in [1.82, 2.24) is 9.88 Å². The average Bonchev–Trinajstić information content (AvgIpc) is 2.86. The molecular weight excluding hydrogens is 493 g/mol. The summed E-state index contributed by atoms with van der Waals surface area (Å²) < 4.78 is 71.7. The van der Waals surface area contributed by atoms with Crippen molar-refractivity contribution in [2.45, 2.75) is 51.3 Å². The molecule has 11 heteroatoms. The maximum Gasteiger partial charge on any atom is 0.265 e. The van der Waals surface area contributed by atoms with Crippen molar-refractivity contribution in [1.29, 1.82) is 0 Å². The van der Waals surface area contributed by atoms with Crippen LogP contribution in [0.25, 0.3) is 0 Å². The lowest BCUT2D eigenvalue weighted by molar-refractivity contribution is -0.113. The number of sulfonamides is 1. The molecule has 0 aliphatic carbocycles. The van der Waals surface area contributed by atoms with Gasteiger partial charge in [-0.25, -0.2) is 26.6 Å². The minimum atomic E-state index is -4.46. The highest BCUT2D eigenvalue weighted by Gasteiger charge is 2.31. The van der Waals surface area contributed by atoms with Gasteiger partial charge in [-0.3, -0.25) is 9.52 Å². The third-order valence-corrected chi connectivity index (χ3v) is 7.18. The zero-order valence-corrected chi connectivity index (χ0v) is 21.8. The molecule has 1 aromatic heterocycles. The minimum Gasteiger partial charge on any atom is -0.372 e. The molecule has 36 heavy (non-hydrogen) atoms. The molecule has 0 bridgehead atoms. The Balaban J connectivity index is 0.00000222. The molecule has 2 heterocycles. The largest absolute Gasteiger partial charge is 0.372 e. The lowest BCUT2D eigenvalue weighted by Crippen LogP contribution is -2.31. The van der Waals surface area contributed by atoms with Gasteiger partial charge in [-0.15, -0.1) is 0 Å². The first-order valence-electron chi connectivity index (χ1n) is 11.4. The highest BCUT2D eigenvalue weighted by molar-refractivity contribution is 7.92. The second-order valence-corrected chi connectivity index (χ2v) is 9.53. The number of benzene rings is 1. The summed E-state index contributed by atoms with van der Waals surface area (Å²) in [5, 5.41) is 2.54. The van der Waals surface area contributed by atoms with Crippen LogP contribution in [0.5, 0.6) is 0 Å². The van der Waals surface area contributed by atoms with Crippen LogP contribution in [0, 0.1) is 17.5 Å². The van der Waals surface area contributed by atoms with Crippen molar-refractivity contribution in [3.63, 3.8) is 0 Å². The summed E-state index contributed by atoms with van der Waals surface area (Å²) in [7, 11) is -3.05. The smallest absolute Gasteiger partial charge is 0.265 e. The Hall–Kier alpha value is -3.34. The minimum absolute atomic E-state index is 0.109. The number of anilines is 2. The number of aromatic nitrogens is 1. The summed E-state index contributed by atoms with van der Waals surface area (Å²) in [6.07, 6.45) is 3.06. The van der Waals surface area contributed by atoms with Gasteiger partial charge in [-0.2, -0.15) is 0 Å². The lowest BCUT2D eigenvalue weighted by atomic mass is 9.87. The van der Waals surface area contributed by atoms with Crippen molar-refractivity contribution in [2.24, 2.45) is 0 Å². The van der Waals surface area contributed by atoms with E-state index in [1.807, 2.05) is 13.8 Å². The van der Waals surface area contributed by atoms with E-state index < -0.39 is 44.0 Å². The van der Waals surface area contributed by atoms with Gasteiger partial charge in [0.1, 0.15) is 22.3 Å². The van der Waals surface area contributed by atoms with E-state index >= 15 is 4.39 Å². The highest BCUT2D eigenvalue weighted by Crippen LogP contribution is 2.38. The second kappa shape index (κ2) is 12.1. The Labute approximate surface area is 210 Å². The number of pyridine rings is 1. The zero-order valence-electron chi connectivity index (χ0n) is 21.0. The van der Waals surface area contributed by atoms with Crippen LogP contribution in [0.3, 0.4) is 0 Å². The monoisotopic (exact) mass is 524 g/mol. The van der Waals surface area contributed by atoms with Gasteiger partial charge in [0.25, 0.3) is 10.0 Å². The van der Waals surface area contributed by atoms with Crippen LogP contribution in [0.2, 0.25) is 0 Å². The molecule has 0 saturated carbocycles. The van der Waals surface area contributed by atoms with E-state index in [1.54, 1.807) is 11.8 Å². The summed E-state index contributed by atoms with van der Waals surface area (Å²) in [6, 6.07) is 2.69. The number of carbonyl (C=O) groups excluding carboxylic acids is 1. The Morgan fingerprint density at radius 1 is 1.22 bits per heavy atom. The van der Waals surface area contributed by atoms with Crippen molar-refractivity contribution in [3.8, 4) is 0 Å². The molecule has 0 spiro atoms. The molecule has 0 radical (unpaired) electrons. The molecule has 1 fully saturated rings. The SMILES string of the molecule is C=CN1C[C@H](c2c(F)ccc(NS(=O)(=O)c3cc(F)cnc3NC)c2F)CC/C1=C(/C)C(C)=O.CC. The predicted octanol–water partition coefficient (Wildman–Crippen LogP) is 5.55. The van der Waals surface area contributed by atoms with E-state index in [4.69, 9.17) is 0 Å². The van der Waals surface area contributed by atoms with Crippen LogP contribution in [0.1, 0.15) is 52.0 Å². The molecule has 2 N–H and O–H groups in total. The van der Waals surface area contributed by atoms with E-state index in [1.165, 1.54) is 20.2 Å². The lowest BCUT2D eigenvalue weighted by Gasteiger charge is -2.35. The first-order valence-corrected chi connectivity index (χ1v) is 12.9. The van der Waals surface area contributed by atoms with E-state index in [9.17, 15) is 22.0 Å². The molecule has 1 atom stereocenters. The normalized spacial score (nSPS) is 17.0. The molecule has 2 aromatic rings. The highest BCUT2D eigenvalue weighted by atomic mass is 32.2. The number of rotatable bonds is 7. The van der Waals surface area contributed by atoms with Gasteiger partial charge in [0, 0.05) is 36.3 Å². The van der Waals surface area contributed by atoms with Crippen molar-refractivity contribution in [2.75, 3.05) is 23.6 Å². The van der Waals surface area contributed by atoms with Crippen LogP contribution in [-0.2, 0) is 14.8 Å². The second-order valence-electron chi connectivity index (χ2n) is 7.88. The van der Waals surface area contributed by atoms with Crippen LogP contribution < -0.4 is 10.0 Å². The van der Waals surface area contributed by atoms with Crippen molar-refractivity contribution < 1.29 is 26.4 Å². The molecule has 0 unspecified atom stereocenters. The summed E-state index contributed by atoms with van der Waals surface area (Å²) in [4.78, 5) is 16.6. The summed E-state index contributed by atoms with van der Waals surface area (Å²) in [5.41, 5.74) is 0.520. The first-order chi connectivity index (χ1) is 17.0. The number of piperidine rings is 1. The predicted molar refractivity (Wildman–Crippen MR) is 135 cm³/mol. The quantitative estimate of drug-likeness (QED) is 0.462. The fourth-order valence-electron chi connectivity index (χ4n) is 3.96. The van der Waals surface area contributed by atoms with Gasteiger partial charge in [0.2, 0.25) is 0 Å². The fraction of sp³-hybridized carbons (Fsp3) is 0.360. The number of carbonyl (C=O) groups is 1. The van der Waals surface area contributed by atoms with Gasteiger partial charge >= 0.3 is 0 Å². The fourth-order valence-corrected chi connectivity index (χ4v) is 5.19. The number of likely N-dealkylation sites (tertiary alicyclic amines) is 1. The van der Waals surface area contributed by atoms with Crippen molar-refractivity contribution in [3.05, 3.63) is 71.5 Å². The molecule has 196 valence electrons. The third kappa shape index (κ3) is 6.07. The summed E-state index contributed by atoms with van der Waals surface area (Å²) in [5.74, 6) is -3.66. The van der Waals surface area contributed by atoms with Gasteiger partial charge in [0.15, 0.2) is 11.6 Å². The number of hydrogen-bond acceptors (Lipinski definition) is 6.